The number of carbonyl (C=O) groups is 3. The molecule has 4 amide bonds. The van der Waals surface area contributed by atoms with Crippen LogP contribution in [0, 0.1) is 11.3 Å². The number of ether oxygens (including phenoxy) is 2. The third kappa shape index (κ3) is 3.88. The second-order valence-electron chi connectivity index (χ2n) is 7.40. The number of hydrogen-bond acceptors (Lipinski definition) is 6. The number of nitrogens with one attached hydrogen (secondary N) is 2. The number of anilines is 1. The van der Waals surface area contributed by atoms with Gasteiger partial charge in [0.05, 0.1) is 24.8 Å². The molecule has 0 aromatic heterocycles. The van der Waals surface area contributed by atoms with Crippen molar-refractivity contribution >= 4 is 23.5 Å². The SMILES string of the molecule is CC1(c2ccc3c(c2)OCCCO3)NC(=O)N(CC(=O)Nc2ccc(C#N)cc2)C1=O. The highest BCUT2D eigenvalue weighted by atomic mass is 16.5. The number of urea groups is 1. The van der Waals surface area contributed by atoms with Crippen molar-refractivity contribution in [3.05, 3.63) is 53.6 Å². The highest BCUT2D eigenvalue weighted by Crippen LogP contribution is 2.36. The lowest BCUT2D eigenvalue weighted by Crippen LogP contribution is -2.42. The van der Waals surface area contributed by atoms with Gasteiger partial charge in [0.1, 0.15) is 12.1 Å². The maximum atomic E-state index is 13.1. The minimum Gasteiger partial charge on any atom is -0.490 e. The molecule has 158 valence electrons. The topological polar surface area (TPSA) is 121 Å². The lowest BCUT2D eigenvalue weighted by Gasteiger charge is -2.23. The number of fused-ring (bicyclic) bond motifs is 1. The number of benzene rings is 2. The Morgan fingerprint density at radius 3 is 2.58 bits per heavy atom. The van der Waals surface area contributed by atoms with Crippen LogP contribution in [-0.4, -0.2) is 42.5 Å². The minimum atomic E-state index is -1.34. The second-order valence-corrected chi connectivity index (χ2v) is 7.40. The molecule has 0 saturated carbocycles. The predicted molar refractivity (Wildman–Crippen MR) is 109 cm³/mol. The molecule has 2 aromatic rings. The normalized spacial score (nSPS) is 19.9. The molecule has 1 unspecified atom stereocenters. The van der Waals surface area contributed by atoms with Gasteiger partial charge < -0.3 is 20.1 Å². The van der Waals surface area contributed by atoms with Gasteiger partial charge in [0.2, 0.25) is 5.91 Å². The molecular formula is C22H20N4O5. The molecule has 1 atom stereocenters. The Balaban J connectivity index is 1.49. The van der Waals surface area contributed by atoms with Crippen LogP contribution >= 0.6 is 0 Å². The summed E-state index contributed by atoms with van der Waals surface area (Å²) in [6, 6.07) is 12.7. The fourth-order valence-corrected chi connectivity index (χ4v) is 3.48. The van der Waals surface area contributed by atoms with Crippen LogP contribution in [0.5, 0.6) is 11.5 Å². The summed E-state index contributed by atoms with van der Waals surface area (Å²) in [5.74, 6) is 0.0219. The van der Waals surface area contributed by atoms with E-state index in [4.69, 9.17) is 14.7 Å². The summed E-state index contributed by atoms with van der Waals surface area (Å²) in [5, 5.41) is 14.1. The average Bonchev–Trinajstić information content (AvgIpc) is 2.93. The predicted octanol–water partition coefficient (Wildman–Crippen LogP) is 2.13. The van der Waals surface area contributed by atoms with Crippen LogP contribution in [0.1, 0.15) is 24.5 Å². The molecule has 0 bridgehead atoms. The molecule has 0 radical (unpaired) electrons. The monoisotopic (exact) mass is 420 g/mol. The van der Waals surface area contributed by atoms with E-state index >= 15 is 0 Å². The van der Waals surface area contributed by atoms with Crippen molar-refractivity contribution < 1.29 is 23.9 Å². The molecule has 1 saturated heterocycles. The number of imide groups is 1. The Kier molecular flexibility index (Phi) is 5.21. The van der Waals surface area contributed by atoms with Crippen LogP contribution < -0.4 is 20.1 Å². The largest absolute Gasteiger partial charge is 0.490 e. The lowest BCUT2D eigenvalue weighted by molar-refractivity contribution is -0.133. The van der Waals surface area contributed by atoms with Crippen LogP contribution in [0.2, 0.25) is 0 Å². The number of amides is 4. The number of nitriles is 1. The van der Waals surface area contributed by atoms with E-state index in [-0.39, 0.29) is 0 Å². The first-order chi connectivity index (χ1) is 14.9. The Labute approximate surface area is 178 Å². The van der Waals surface area contributed by atoms with Crippen molar-refractivity contribution in [2.24, 2.45) is 0 Å². The van der Waals surface area contributed by atoms with Gasteiger partial charge in [-0.1, -0.05) is 6.07 Å². The van der Waals surface area contributed by atoms with Crippen molar-refractivity contribution in [1.29, 1.82) is 5.26 Å². The van der Waals surface area contributed by atoms with E-state index in [1.165, 1.54) is 0 Å². The Hall–Kier alpha value is -4.06. The molecule has 2 aliphatic heterocycles. The molecule has 9 nitrogen and oxygen atoms in total. The standard InChI is InChI=1S/C22H20N4O5/c1-22(15-5-8-17-18(11-15)31-10-2-9-30-17)20(28)26(21(29)25-22)13-19(27)24-16-6-3-14(12-23)4-7-16/h3-8,11H,2,9-10,13H2,1H3,(H,24,27)(H,25,29). The smallest absolute Gasteiger partial charge is 0.325 e. The third-order valence-corrected chi connectivity index (χ3v) is 5.20. The maximum Gasteiger partial charge on any atom is 0.325 e. The molecule has 2 aliphatic rings. The summed E-state index contributed by atoms with van der Waals surface area (Å²) in [6.45, 7) is 2.19. The molecule has 2 aromatic carbocycles. The Morgan fingerprint density at radius 1 is 1.16 bits per heavy atom. The molecule has 31 heavy (non-hydrogen) atoms. The number of hydrogen-bond donors (Lipinski definition) is 2. The van der Waals surface area contributed by atoms with Crippen LogP contribution in [0.4, 0.5) is 10.5 Å². The quantitative estimate of drug-likeness (QED) is 0.731. The molecule has 0 aliphatic carbocycles. The molecule has 0 spiro atoms. The van der Waals surface area contributed by atoms with Crippen LogP contribution in [0.25, 0.3) is 0 Å². The van der Waals surface area contributed by atoms with Gasteiger partial charge in [0, 0.05) is 12.1 Å². The van der Waals surface area contributed by atoms with Crippen molar-refractivity contribution in [1.82, 2.24) is 10.2 Å². The van der Waals surface area contributed by atoms with Crippen molar-refractivity contribution in [2.75, 3.05) is 25.1 Å². The van der Waals surface area contributed by atoms with Gasteiger partial charge in [0.25, 0.3) is 5.91 Å². The van der Waals surface area contributed by atoms with Gasteiger partial charge in [-0.15, -0.1) is 0 Å². The van der Waals surface area contributed by atoms with E-state index in [9.17, 15) is 14.4 Å². The third-order valence-electron chi connectivity index (χ3n) is 5.20. The molecule has 2 N–H and O–H groups in total. The summed E-state index contributed by atoms with van der Waals surface area (Å²) >= 11 is 0. The lowest BCUT2D eigenvalue weighted by atomic mass is 9.91. The van der Waals surface area contributed by atoms with Crippen LogP contribution in [0.3, 0.4) is 0 Å². The van der Waals surface area contributed by atoms with Crippen molar-refractivity contribution in [2.45, 2.75) is 18.9 Å². The van der Waals surface area contributed by atoms with Gasteiger partial charge >= 0.3 is 6.03 Å². The van der Waals surface area contributed by atoms with Gasteiger partial charge in [-0.25, -0.2) is 4.79 Å². The summed E-state index contributed by atoms with van der Waals surface area (Å²) in [7, 11) is 0. The number of carbonyl (C=O) groups excluding carboxylic acids is 3. The average molecular weight is 420 g/mol. The van der Waals surface area contributed by atoms with Crippen molar-refractivity contribution in [3.8, 4) is 17.6 Å². The maximum absolute atomic E-state index is 13.1. The highest BCUT2D eigenvalue weighted by molar-refractivity contribution is 6.10. The Bertz CT molecular complexity index is 1090. The number of nitrogens with zero attached hydrogens (tertiary/aromatic N) is 2. The van der Waals surface area contributed by atoms with E-state index < -0.39 is 29.9 Å². The zero-order chi connectivity index (χ0) is 22.0. The second kappa shape index (κ2) is 7.99. The van der Waals surface area contributed by atoms with E-state index in [0.717, 1.165) is 11.3 Å². The summed E-state index contributed by atoms with van der Waals surface area (Å²) in [5.41, 5.74) is 0.112. The minimum absolute atomic E-state index is 0.440. The first-order valence-corrected chi connectivity index (χ1v) is 9.75. The summed E-state index contributed by atoms with van der Waals surface area (Å²) in [6.07, 6.45) is 0.749. The van der Waals surface area contributed by atoms with Gasteiger partial charge in [-0.2, -0.15) is 5.26 Å². The van der Waals surface area contributed by atoms with E-state index in [0.29, 0.717) is 41.5 Å². The van der Waals surface area contributed by atoms with Crippen LogP contribution in [0.15, 0.2) is 42.5 Å². The summed E-state index contributed by atoms with van der Waals surface area (Å²) < 4.78 is 11.3. The van der Waals surface area contributed by atoms with E-state index in [1.54, 1.807) is 49.4 Å². The zero-order valence-electron chi connectivity index (χ0n) is 16.8. The zero-order valence-corrected chi connectivity index (χ0v) is 16.8. The van der Waals surface area contributed by atoms with Crippen LogP contribution in [-0.2, 0) is 15.1 Å². The van der Waals surface area contributed by atoms with E-state index in [1.807, 2.05) is 6.07 Å². The fourth-order valence-electron chi connectivity index (χ4n) is 3.48. The molecule has 1 fully saturated rings. The molecule has 9 heteroatoms. The number of rotatable bonds is 4. The highest BCUT2D eigenvalue weighted by Gasteiger charge is 2.49. The first kappa shape index (κ1) is 20.2. The molecular weight excluding hydrogens is 400 g/mol. The molecule has 4 rings (SSSR count). The first-order valence-electron chi connectivity index (χ1n) is 9.75. The fraction of sp³-hybridized carbons (Fsp3) is 0.273. The van der Waals surface area contributed by atoms with Gasteiger partial charge in [-0.3, -0.25) is 14.5 Å². The van der Waals surface area contributed by atoms with Crippen molar-refractivity contribution in [3.63, 3.8) is 0 Å². The van der Waals surface area contributed by atoms with Gasteiger partial charge in [0.15, 0.2) is 11.5 Å². The van der Waals surface area contributed by atoms with E-state index in [2.05, 4.69) is 10.6 Å². The van der Waals surface area contributed by atoms with Gasteiger partial charge in [-0.05, 0) is 48.9 Å². The molecule has 2 heterocycles. The summed E-state index contributed by atoms with van der Waals surface area (Å²) in [4.78, 5) is 38.9. The Morgan fingerprint density at radius 2 is 1.87 bits per heavy atom.